The van der Waals surface area contributed by atoms with E-state index in [0.717, 1.165) is 44.2 Å². The van der Waals surface area contributed by atoms with E-state index in [1.54, 1.807) is 6.26 Å². The van der Waals surface area contributed by atoms with E-state index in [9.17, 15) is 14.7 Å². The van der Waals surface area contributed by atoms with Gasteiger partial charge in [-0.1, -0.05) is 52.0 Å². The van der Waals surface area contributed by atoms with Gasteiger partial charge in [-0.25, -0.2) is 0 Å². The summed E-state index contributed by atoms with van der Waals surface area (Å²) in [4.78, 5) is 22.6. The number of aliphatic hydroxyl groups is 1. The van der Waals surface area contributed by atoms with Crippen molar-refractivity contribution in [1.82, 2.24) is 0 Å². The summed E-state index contributed by atoms with van der Waals surface area (Å²) < 4.78 is 4.83. The van der Waals surface area contributed by atoms with Crippen LogP contribution in [0, 0.1) is 41.4 Å². The summed E-state index contributed by atoms with van der Waals surface area (Å²) in [5.74, 6) is 8.98. The first kappa shape index (κ1) is 30.9. The summed E-state index contributed by atoms with van der Waals surface area (Å²) in [5.41, 5.74) is -0.0527. The molecule has 35 heavy (non-hydrogen) atoms. The van der Waals surface area contributed by atoms with E-state index in [1.165, 1.54) is 5.57 Å². The van der Waals surface area contributed by atoms with Crippen LogP contribution in [0.1, 0.15) is 106 Å². The molecular formula is C31H48O4. The number of ketones is 1. The van der Waals surface area contributed by atoms with Gasteiger partial charge in [-0.05, 0) is 88.8 Å². The highest BCUT2D eigenvalue weighted by atomic mass is 16.3. The van der Waals surface area contributed by atoms with Gasteiger partial charge >= 0.3 is 0 Å². The number of furan rings is 1. The number of hydrogen-bond donors (Lipinski definition) is 1. The highest BCUT2D eigenvalue weighted by Gasteiger charge is 2.50. The average molecular weight is 485 g/mol. The van der Waals surface area contributed by atoms with Gasteiger partial charge in [0.2, 0.25) is 0 Å². The largest absolute Gasteiger partial charge is 0.470 e. The highest BCUT2D eigenvalue weighted by Crippen LogP contribution is 2.56. The molecule has 0 spiro atoms. The van der Waals surface area contributed by atoms with E-state index in [-0.39, 0.29) is 11.2 Å². The maximum absolute atomic E-state index is 11.9. The lowest BCUT2D eigenvalue weighted by Crippen LogP contribution is -2.44. The van der Waals surface area contributed by atoms with Crippen molar-refractivity contribution in [2.24, 2.45) is 22.7 Å². The Kier molecular flexibility index (Phi) is 12.2. The second-order valence-electron chi connectivity index (χ2n) is 10.1. The molecule has 4 heteroatoms. The van der Waals surface area contributed by atoms with Gasteiger partial charge in [-0.15, -0.1) is 0 Å². The smallest absolute Gasteiger partial charge is 0.155 e. The summed E-state index contributed by atoms with van der Waals surface area (Å²) in [5, 5.41) is 11.0. The van der Waals surface area contributed by atoms with Gasteiger partial charge in [0, 0.05) is 18.8 Å². The fraction of sp³-hybridized carbons (Fsp3) is 0.677. The molecule has 0 bridgehead atoms. The predicted molar refractivity (Wildman–Crippen MR) is 144 cm³/mol. The third-order valence-electron chi connectivity index (χ3n) is 8.08. The Bertz CT molecular complexity index is 883. The molecule has 196 valence electrons. The van der Waals surface area contributed by atoms with Crippen molar-refractivity contribution in [2.75, 3.05) is 0 Å². The van der Waals surface area contributed by atoms with Crippen LogP contribution in [0.4, 0.5) is 0 Å². The van der Waals surface area contributed by atoms with Crippen LogP contribution in [0.25, 0.3) is 0 Å². The van der Waals surface area contributed by atoms with Crippen molar-refractivity contribution in [1.29, 1.82) is 0 Å². The molecule has 5 atom stereocenters. The van der Waals surface area contributed by atoms with Crippen LogP contribution in [0.3, 0.4) is 0 Å². The lowest BCUT2D eigenvalue weighted by Gasteiger charge is -2.48. The Morgan fingerprint density at radius 1 is 1.17 bits per heavy atom. The van der Waals surface area contributed by atoms with Gasteiger partial charge in [0.25, 0.3) is 0 Å². The molecule has 1 aromatic rings. The quantitative estimate of drug-likeness (QED) is 0.355. The summed E-state index contributed by atoms with van der Waals surface area (Å²) in [6, 6.07) is 3.79. The Morgan fingerprint density at radius 3 is 2.40 bits per heavy atom. The standard InChI is InChI=1S/C22H30O3.C5H6O.2C2H6/c1-20(22(3,25)10-4-14-23)11-7-16-5-6-17-15-18(24)8-13-21(17,2)19(16)9-12-20;1-5-3-2-4-6-5;2*1-2/h14-16,19,25H,4-6,8-10,12-13H2,1-3H3;2-4H,1H3;2*1-2H3/t16-,19?,20+,21-,22?;;;/m0.../s1. The maximum atomic E-state index is 11.9. The molecule has 1 aromatic heterocycles. The Morgan fingerprint density at radius 2 is 1.86 bits per heavy atom. The summed E-state index contributed by atoms with van der Waals surface area (Å²) in [6.07, 6.45) is 10.6. The van der Waals surface area contributed by atoms with E-state index in [0.29, 0.717) is 31.1 Å². The number of aryl methyl sites for hydroxylation is 1. The van der Waals surface area contributed by atoms with Crippen molar-refractivity contribution < 1.29 is 19.1 Å². The molecular weight excluding hydrogens is 436 g/mol. The fourth-order valence-corrected chi connectivity index (χ4v) is 5.54. The van der Waals surface area contributed by atoms with Gasteiger partial charge in [-0.3, -0.25) is 4.79 Å². The number of rotatable bonds is 4. The number of carbonyl (C=O) groups excluding carboxylic acids is 2. The van der Waals surface area contributed by atoms with Crippen LogP contribution in [0.15, 0.2) is 34.5 Å². The fourth-order valence-electron chi connectivity index (χ4n) is 5.54. The lowest BCUT2D eigenvalue weighted by molar-refractivity contribution is -0.116. The minimum absolute atomic E-state index is 0.0748. The Balaban J connectivity index is 0.000000519. The zero-order chi connectivity index (χ0) is 26.7. The first-order valence-electron chi connectivity index (χ1n) is 13.5. The van der Waals surface area contributed by atoms with E-state index in [1.807, 2.05) is 66.7 Å². The van der Waals surface area contributed by atoms with Gasteiger partial charge < -0.3 is 14.3 Å². The predicted octanol–water partition coefficient (Wildman–Crippen LogP) is 7.48. The molecule has 1 N–H and O–H groups in total. The van der Waals surface area contributed by atoms with Gasteiger partial charge in [0.1, 0.15) is 12.0 Å². The number of hydrogen-bond acceptors (Lipinski definition) is 4. The minimum Gasteiger partial charge on any atom is -0.470 e. The number of allylic oxidation sites excluding steroid dienone is 2. The minimum atomic E-state index is -0.962. The third kappa shape index (κ3) is 7.43. The van der Waals surface area contributed by atoms with Gasteiger partial charge in [0.05, 0.1) is 17.3 Å². The normalized spacial score (nSPS) is 30.2. The molecule has 1 saturated carbocycles. The average Bonchev–Trinajstić information content (AvgIpc) is 3.26. The number of carbonyl (C=O) groups is 2. The molecule has 0 saturated heterocycles. The van der Waals surface area contributed by atoms with Gasteiger partial charge in [-0.2, -0.15) is 0 Å². The van der Waals surface area contributed by atoms with Crippen molar-refractivity contribution in [3.8, 4) is 11.8 Å². The topological polar surface area (TPSA) is 67.5 Å². The molecule has 1 fully saturated rings. The van der Waals surface area contributed by atoms with Crippen LogP contribution < -0.4 is 0 Å². The third-order valence-corrected chi connectivity index (χ3v) is 8.08. The van der Waals surface area contributed by atoms with Crippen molar-refractivity contribution in [2.45, 2.75) is 112 Å². The Labute approximate surface area is 214 Å². The molecule has 3 aliphatic carbocycles. The Hall–Kier alpha value is -2.12. The monoisotopic (exact) mass is 484 g/mol. The van der Waals surface area contributed by atoms with E-state index < -0.39 is 11.0 Å². The summed E-state index contributed by atoms with van der Waals surface area (Å²) in [7, 11) is 0. The van der Waals surface area contributed by atoms with Crippen molar-refractivity contribution >= 4 is 12.1 Å². The van der Waals surface area contributed by atoms with Crippen LogP contribution in [0.5, 0.6) is 0 Å². The molecule has 4 nitrogen and oxygen atoms in total. The molecule has 4 rings (SSSR count). The van der Waals surface area contributed by atoms with Crippen LogP contribution in [-0.2, 0) is 9.59 Å². The van der Waals surface area contributed by atoms with E-state index in [4.69, 9.17) is 4.42 Å². The molecule has 1 heterocycles. The van der Waals surface area contributed by atoms with Gasteiger partial charge in [0.15, 0.2) is 5.78 Å². The molecule has 0 aromatic carbocycles. The number of fused-ring (bicyclic) bond motifs is 3. The summed E-state index contributed by atoms with van der Waals surface area (Å²) >= 11 is 0. The molecule has 2 unspecified atom stereocenters. The second-order valence-corrected chi connectivity index (χ2v) is 10.1. The number of aldehydes is 1. The molecule has 3 aliphatic rings. The van der Waals surface area contributed by atoms with E-state index >= 15 is 0 Å². The summed E-state index contributed by atoms with van der Waals surface area (Å²) in [6.45, 7) is 16.1. The van der Waals surface area contributed by atoms with E-state index in [2.05, 4.69) is 18.8 Å². The van der Waals surface area contributed by atoms with Crippen molar-refractivity contribution in [3.05, 3.63) is 35.8 Å². The first-order valence-corrected chi connectivity index (χ1v) is 13.5. The molecule has 0 radical (unpaired) electrons. The molecule has 0 amide bonds. The maximum Gasteiger partial charge on any atom is 0.155 e. The first-order chi connectivity index (χ1) is 16.6. The van der Waals surface area contributed by atoms with Crippen LogP contribution in [-0.4, -0.2) is 22.8 Å². The van der Waals surface area contributed by atoms with Crippen LogP contribution >= 0.6 is 0 Å². The second kappa shape index (κ2) is 13.8. The van der Waals surface area contributed by atoms with Crippen LogP contribution in [0.2, 0.25) is 0 Å². The highest BCUT2D eigenvalue weighted by molar-refractivity contribution is 5.91. The zero-order valence-corrected chi connectivity index (χ0v) is 23.4. The SMILES string of the molecule is CC.CC.CC(O)(CCC=O)[C@]1(C)C#C[C@@H]2CCC3=CC(=O)CC[C@]3(C)C2CC1.Cc1ccco1. The molecule has 0 aliphatic heterocycles. The zero-order valence-electron chi connectivity index (χ0n) is 23.4. The van der Waals surface area contributed by atoms with Crippen molar-refractivity contribution in [3.63, 3.8) is 0 Å². The lowest BCUT2D eigenvalue weighted by atomic mass is 9.55.